The summed E-state index contributed by atoms with van der Waals surface area (Å²) in [6.07, 6.45) is -2.88. The maximum atomic E-state index is 12.2. The van der Waals surface area contributed by atoms with Crippen molar-refractivity contribution in [2.75, 3.05) is 0 Å². The number of hydrogen-bond donors (Lipinski definition) is 1. The Kier molecular flexibility index (Phi) is 1.55. The van der Waals surface area contributed by atoms with Crippen LogP contribution in [-0.2, 0) is 6.18 Å². The molecule has 2 heterocycles. The smallest absolute Gasteiger partial charge is 0.350 e. The summed E-state index contributed by atoms with van der Waals surface area (Å²) < 4.78 is 36.5. The molecule has 0 amide bonds. The zero-order chi connectivity index (χ0) is 9.47. The third-order valence-corrected chi connectivity index (χ3v) is 1.69. The summed E-state index contributed by atoms with van der Waals surface area (Å²) in [6.45, 7) is 0. The Morgan fingerprint density at radius 2 is 2.08 bits per heavy atom. The molecule has 2 rings (SSSR count). The lowest BCUT2D eigenvalue weighted by Gasteiger charge is -2.00. The Bertz CT molecular complexity index is 397. The van der Waals surface area contributed by atoms with E-state index in [1.54, 1.807) is 12.1 Å². The fraction of sp³-hybridized carbons (Fsp3) is 0.125. The number of nitrogens with zero attached hydrogens (tertiary/aromatic N) is 1. The van der Waals surface area contributed by atoms with Gasteiger partial charge >= 0.3 is 6.18 Å². The van der Waals surface area contributed by atoms with Gasteiger partial charge in [-0.3, -0.25) is 4.98 Å². The zero-order valence-corrected chi connectivity index (χ0v) is 6.39. The molecule has 0 fully saturated rings. The van der Waals surface area contributed by atoms with E-state index in [-0.39, 0.29) is 0 Å². The molecule has 13 heavy (non-hydrogen) atoms. The molecule has 1 N–H and O–H groups in total. The lowest BCUT2D eigenvalue weighted by Crippen LogP contribution is -2.04. The Morgan fingerprint density at radius 3 is 2.69 bits per heavy atom. The van der Waals surface area contributed by atoms with Gasteiger partial charge < -0.3 is 4.98 Å². The number of pyridine rings is 1. The minimum atomic E-state index is -4.33. The van der Waals surface area contributed by atoms with Gasteiger partial charge in [0.25, 0.3) is 0 Å². The largest absolute Gasteiger partial charge is 0.431 e. The van der Waals surface area contributed by atoms with E-state index >= 15 is 0 Å². The van der Waals surface area contributed by atoms with Crippen molar-refractivity contribution >= 4 is 11.0 Å². The summed E-state index contributed by atoms with van der Waals surface area (Å²) in [4.78, 5) is 6.03. The quantitative estimate of drug-likeness (QED) is 0.673. The van der Waals surface area contributed by atoms with E-state index in [1.165, 1.54) is 6.20 Å². The SMILES string of the molecule is FC(F)(F)c1cc2ncccc2[nH]1. The summed E-state index contributed by atoms with van der Waals surface area (Å²) in [5, 5.41) is 0. The van der Waals surface area contributed by atoms with Crippen molar-refractivity contribution in [2.45, 2.75) is 6.18 Å². The van der Waals surface area contributed by atoms with Gasteiger partial charge in [0.15, 0.2) is 0 Å². The van der Waals surface area contributed by atoms with E-state index in [1.807, 2.05) is 0 Å². The first-order valence-electron chi connectivity index (χ1n) is 3.58. The summed E-state index contributed by atoms with van der Waals surface area (Å²) >= 11 is 0. The van der Waals surface area contributed by atoms with E-state index in [4.69, 9.17) is 0 Å². The fourth-order valence-electron chi connectivity index (χ4n) is 1.11. The summed E-state index contributed by atoms with van der Waals surface area (Å²) in [7, 11) is 0. The van der Waals surface area contributed by atoms with Crippen molar-refractivity contribution in [3.8, 4) is 0 Å². The topological polar surface area (TPSA) is 28.7 Å². The number of nitrogens with one attached hydrogen (secondary N) is 1. The van der Waals surface area contributed by atoms with E-state index in [0.29, 0.717) is 11.0 Å². The summed E-state index contributed by atoms with van der Waals surface area (Å²) in [5.74, 6) is 0. The second-order valence-corrected chi connectivity index (χ2v) is 2.62. The van der Waals surface area contributed by atoms with Gasteiger partial charge in [0.1, 0.15) is 5.69 Å². The van der Waals surface area contributed by atoms with Gasteiger partial charge in [-0.05, 0) is 18.2 Å². The highest BCUT2D eigenvalue weighted by Gasteiger charge is 2.32. The Balaban J connectivity index is 2.63. The molecule has 0 saturated heterocycles. The standard InChI is InChI=1S/C8H5F3N2/c9-8(10,11)7-4-6-5(13-7)2-1-3-12-6/h1-4,13H. The summed E-state index contributed by atoms with van der Waals surface area (Å²) in [5.41, 5.74) is -0.0362. The van der Waals surface area contributed by atoms with Crippen LogP contribution >= 0.6 is 0 Å². The van der Waals surface area contributed by atoms with Crippen molar-refractivity contribution in [1.82, 2.24) is 9.97 Å². The van der Waals surface area contributed by atoms with Gasteiger partial charge in [0.2, 0.25) is 0 Å². The molecule has 0 aliphatic heterocycles. The first kappa shape index (κ1) is 8.10. The predicted octanol–water partition coefficient (Wildman–Crippen LogP) is 2.58. The number of alkyl halides is 3. The van der Waals surface area contributed by atoms with Gasteiger partial charge in [-0.15, -0.1) is 0 Å². The van der Waals surface area contributed by atoms with E-state index < -0.39 is 11.9 Å². The van der Waals surface area contributed by atoms with Crippen LogP contribution in [0.3, 0.4) is 0 Å². The normalized spacial score (nSPS) is 12.2. The maximum absolute atomic E-state index is 12.2. The molecule has 68 valence electrons. The number of H-pyrrole nitrogens is 1. The molecule has 0 aliphatic carbocycles. The number of aromatic amines is 1. The first-order valence-corrected chi connectivity index (χ1v) is 3.58. The van der Waals surface area contributed by atoms with Gasteiger partial charge in [0.05, 0.1) is 11.0 Å². The second kappa shape index (κ2) is 2.48. The molecule has 0 spiro atoms. The van der Waals surface area contributed by atoms with Gasteiger partial charge in [-0.25, -0.2) is 0 Å². The minimum absolute atomic E-state index is 0.329. The van der Waals surface area contributed by atoms with Crippen molar-refractivity contribution in [1.29, 1.82) is 0 Å². The van der Waals surface area contributed by atoms with Crippen molar-refractivity contribution in [3.05, 3.63) is 30.1 Å². The van der Waals surface area contributed by atoms with Crippen LogP contribution in [0.25, 0.3) is 11.0 Å². The molecule has 0 unspecified atom stereocenters. The van der Waals surface area contributed by atoms with Crippen molar-refractivity contribution in [2.24, 2.45) is 0 Å². The Hall–Kier alpha value is -1.52. The molecule has 5 heteroatoms. The number of rotatable bonds is 0. The van der Waals surface area contributed by atoms with E-state index in [0.717, 1.165) is 6.07 Å². The minimum Gasteiger partial charge on any atom is -0.350 e. The number of halogens is 3. The van der Waals surface area contributed by atoms with Crippen LogP contribution in [0.4, 0.5) is 13.2 Å². The van der Waals surface area contributed by atoms with Gasteiger partial charge in [-0.1, -0.05) is 0 Å². The van der Waals surface area contributed by atoms with Crippen LogP contribution in [0, 0.1) is 0 Å². The fourth-order valence-corrected chi connectivity index (χ4v) is 1.11. The van der Waals surface area contributed by atoms with Gasteiger partial charge in [-0.2, -0.15) is 13.2 Å². The van der Waals surface area contributed by atoms with Crippen LogP contribution in [0.2, 0.25) is 0 Å². The zero-order valence-electron chi connectivity index (χ0n) is 6.39. The molecular formula is C8H5F3N2. The average molecular weight is 186 g/mol. The van der Waals surface area contributed by atoms with Crippen LogP contribution in [-0.4, -0.2) is 9.97 Å². The third kappa shape index (κ3) is 1.37. The molecule has 2 nitrogen and oxygen atoms in total. The average Bonchev–Trinajstić information content (AvgIpc) is 2.45. The molecule has 0 bridgehead atoms. The third-order valence-electron chi connectivity index (χ3n) is 1.69. The van der Waals surface area contributed by atoms with Crippen LogP contribution < -0.4 is 0 Å². The first-order chi connectivity index (χ1) is 6.07. The second-order valence-electron chi connectivity index (χ2n) is 2.62. The number of hydrogen-bond acceptors (Lipinski definition) is 1. The molecule has 0 atom stereocenters. The molecule has 0 aromatic carbocycles. The molecule has 0 radical (unpaired) electrons. The molecule has 0 saturated carbocycles. The number of aromatic nitrogens is 2. The maximum Gasteiger partial charge on any atom is 0.431 e. The molecule has 2 aromatic heterocycles. The highest BCUT2D eigenvalue weighted by atomic mass is 19.4. The van der Waals surface area contributed by atoms with E-state index in [9.17, 15) is 13.2 Å². The highest BCUT2D eigenvalue weighted by Crippen LogP contribution is 2.30. The molecule has 0 aliphatic rings. The monoisotopic (exact) mass is 186 g/mol. The predicted molar refractivity (Wildman–Crippen MR) is 41.1 cm³/mol. The number of fused-ring (bicyclic) bond motifs is 1. The molecule has 2 aromatic rings. The Labute approximate surface area is 71.4 Å². The van der Waals surface area contributed by atoms with Crippen LogP contribution in [0.5, 0.6) is 0 Å². The van der Waals surface area contributed by atoms with Crippen molar-refractivity contribution in [3.63, 3.8) is 0 Å². The van der Waals surface area contributed by atoms with E-state index in [2.05, 4.69) is 9.97 Å². The van der Waals surface area contributed by atoms with Crippen LogP contribution in [0.1, 0.15) is 5.69 Å². The molecular weight excluding hydrogens is 181 g/mol. The van der Waals surface area contributed by atoms with Crippen molar-refractivity contribution < 1.29 is 13.2 Å². The van der Waals surface area contributed by atoms with Gasteiger partial charge in [0, 0.05) is 6.20 Å². The lowest BCUT2D eigenvalue weighted by atomic mass is 10.4. The van der Waals surface area contributed by atoms with Crippen LogP contribution in [0.15, 0.2) is 24.4 Å². The summed E-state index contributed by atoms with van der Waals surface area (Å²) in [6, 6.07) is 4.13. The highest BCUT2D eigenvalue weighted by molar-refractivity contribution is 5.75. The Morgan fingerprint density at radius 1 is 1.31 bits per heavy atom. The lowest BCUT2D eigenvalue weighted by molar-refractivity contribution is -0.140.